The molecule has 0 aliphatic carbocycles. The number of nitrogens with zero attached hydrogens (tertiary/aromatic N) is 3. The van der Waals surface area contributed by atoms with Crippen molar-refractivity contribution < 1.29 is 14.1 Å². The molecule has 31 heavy (non-hydrogen) atoms. The predicted molar refractivity (Wildman–Crippen MR) is 121 cm³/mol. The van der Waals surface area contributed by atoms with Crippen LogP contribution in [0.15, 0.2) is 59.1 Å². The highest BCUT2D eigenvalue weighted by molar-refractivity contribution is 6.00. The maximum atomic E-state index is 13.8. The van der Waals surface area contributed by atoms with E-state index in [-0.39, 0.29) is 12.0 Å². The van der Waals surface area contributed by atoms with Crippen LogP contribution in [-0.2, 0) is 11.3 Å². The van der Waals surface area contributed by atoms with Crippen molar-refractivity contribution in [3.8, 4) is 11.3 Å². The van der Waals surface area contributed by atoms with E-state index in [0.29, 0.717) is 30.1 Å². The van der Waals surface area contributed by atoms with Crippen LogP contribution < -0.4 is 4.90 Å². The van der Waals surface area contributed by atoms with Crippen molar-refractivity contribution in [2.75, 3.05) is 32.1 Å². The molecule has 1 aliphatic heterocycles. The maximum Gasteiger partial charge on any atom is 0.260 e. The molecule has 2 aromatic carbocycles. The Kier molecular flexibility index (Phi) is 6.37. The third-order valence-corrected chi connectivity index (χ3v) is 5.69. The second-order valence-corrected chi connectivity index (χ2v) is 8.21. The second-order valence-electron chi connectivity index (χ2n) is 8.21. The number of hydrogen-bond donors (Lipinski definition) is 0. The highest BCUT2D eigenvalue weighted by Crippen LogP contribution is 2.28. The predicted octanol–water partition coefficient (Wildman–Crippen LogP) is 4.54. The quantitative estimate of drug-likeness (QED) is 0.563. The number of benzene rings is 2. The lowest BCUT2D eigenvalue weighted by Gasteiger charge is -2.26. The lowest BCUT2D eigenvalue weighted by molar-refractivity contribution is 0.0506. The zero-order valence-corrected chi connectivity index (χ0v) is 18.4. The summed E-state index contributed by atoms with van der Waals surface area (Å²) < 4.78 is 11.3. The molecule has 1 aromatic heterocycles. The zero-order chi connectivity index (χ0) is 21.8. The fraction of sp³-hybridized carbons (Fsp3) is 0.360. The average Bonchev–Trinajstić information content (AvgIpc) is 3.43. The molecule has 162 valence electrons. The Labute approximate surface area is 183 Å². The van der Waals surface area contributed by atoms with Crippen LogP contribution in [0.2, 0.25) is 0 Å². The third-order valence-electron chi connectivity index (χ3n) is 5.69. The number of aromatic nitrogens is 1. The fourth-order valence-electron chi connectivity index (χ4n) is 3.95. The maximum absolute atomic E-state index is 13.8. The van der Waals surface area contributed by atoms with Crippen molar-refractivity contribution >= 4 is 11.6 Å². The first-order valence-corrected chi connectivity index (χ1v) is 10.7. The topological polar surface area (TPSA) is 58.8 Å². The van der Waals surface area contributed by atoms with Crippen molar-refractivity contribution in [1.29, 1.82) is 0 Å². The third kappa shape index (κ3) is 4.80. The molecular weight excluding hydrogens is 390 g/mol. The van der Waals surface area contributed by atoms with Gasteiger partial charge < -0.3 is 19.1 Å². The van der Waals surface area contributed by atoms with Crippen molar-refractivity contribution in [3.63, 3.8) is 0 Å². The lowest BCUT2D eigenvalue weighted by Crippen LogP contribution is -2.37. The lowest BCUT2D eigenvalue weighted by atomic mass is 10.0. The SMILES string of the molecule is Cc1onc(-c2ccccc2)c1C(=O)N(Cc1ccc(N(C)C)cc1)C[C@@H]1CCCO1. The van der Waals surface area contributed by atoms with Gasteiger partial charge in [0.05, 0.1) is 6.10 Å². The van der Waals surface area contributed by atoms with Crippen LogP contribution in [0.25, 0.3) is 11.3 Å². The molecule has 0 bridgehead atoms. The summed E-state index contributed by atoms with van der Waals surface area (Å²) in [6.07, 6.45) is 2.06. The number of amides is 1. The molecule has 1 amide bonds. The van der Waals surface area contributed by atoms with E-state index in [4.69, 9.17) is 9.26 Å². The molecule has 3 aromatic rings. The van der Waals surface area contributed by atoms with Gasteiger partial charge in [0, 0.05) is 45.0 Å². The molecule has 4 rings (SSSR count). The van der Waals surface area contributed by atoms with Gasteiger partial charge in [0.1, 0.15) is 17.0 Å². The van der Waals surface area contributed by atoms with Crippen molar-refractivity contribution in [2.24, 2.45) is 0 Å². The molecular formula is C25H29N3O3. The van der Waals surface area contributed by atoms with E-state index in [2.05, 4.69) is 34.3 Å². The Bertz CT molecular complexity index is 1010. The minimum absolute atomic E-state index is 0.0605. The summed E-state index contributed by atoms with van der Waals surface area (Å²) in [6.45, 7) is 3.60. The Balaban J connectivity index is 1.64. The van der Waals surface area contributed by atoms with Gasteiger partial charge in [-0.3, -0.25) is 4.79 Å². The van der Waals surface area contributed by atoms with E-state index in [1.165, 1.54) is 0 Å². The van der Waals surface area contributed by atoms with Gasteiger partial charge in [0.2, 0.25) is 0 Å². The Morgan fingerprint density at radius 1 is 1.10 bits per heavy atom. The van der Waals surface area contributed by atoms with E-state index in [1.54, 1.807) is 6.92 Å². The molecule has 0 saturated carbocycles. The summed E-state index contributed by atoms with van der Waals surface area (Å²) in [7, 11) is 4.03. The molecule has 1 atom stereocenters. The number of hydrogen-bond acceptors (Lipinski definition) is 5. The molecule has 0 spiro atoms. The molecule has 0 radical (unpaired) electrons. The minimum Gasteiger partial charge on any atom is -0.378 e. The van der Waals surface area contributed by atoms with Crippen LogP contribution in [-0.4, -0.2) is 49.3 Å². The summed E-state index contributed by atoms with van der Waals surface area (Å²) in [4.78, 5) is 17.7. The summed E-state index contributed by atoms with van der Waals surface area (Å²) in [5.41, 5.74) is 4.18. The number of rotatable bonds is 7. The first-order chi connectivity index (χ1) is 15.0. The minimum atomic E-state index is -0.0789. The standard InChI is InChI=1S/C25H29N3O3/c1-18-23(24(26-31-18)20-8-5-4-6-9-20)25(29)28(17-22-10-7-15-30-22)16-19-11-13-21(14-12-19)27(2)3/h4-6,8-9,11-14,22H,7,10,15-17H2,1-3H3/t22-/m0/s1. The van der Waals surface area contributed by atoms with E-state index >= 15 is 0 Å². The largest absolute Gasteiger partial charge is 0.378 e. The highest BCUT2D eigenvalue weighted by Gasteiger charge is 2.29. The van der Waals surface area contributed by atoms with Gasteiger partial charge in [0.25, 0.3) is 5.91 Å². The molecule has 0 N–H and O–H groups in total. The summed E-state index contributed by atoms with van der Waals surface area (Å²) in [5.74, 6) is 0.453. The monoisotopic (exact) mass is 419 g/mol. The first kappa shape index (κ1) is 21.1. The van der Waals surface area contributed by atoms with Crippen LogP contribution in [0.5, 0.6) is 0 Å². The Morgan fingerprint density at radius 3 is 2.48 bits per heavy atom. The van der Waals surface area contributed by atoms with E-state index in [9.17, 15) is 4.79 Å². The van der Waals surface area contributed by atoms with Gasteiger partial charge in [-0.2, -0.15) is 0 Å². The first-order valence-electron chi connectivity index (χ1n) is 10.7. The van der Waals surface area contributed by atoms with Gasteiger partial charge in [-0.05, 0) is 37.5 Å². The number of carbonyl (C=O) groups excluding carboxylic acids is 1. The highest BCUT2D eigenvalue weighted by atomic mass is 16.5. The van der Waals surface area contributed by atoms with Gasteiger partial charge in [-0.15, -0.1) is 0 Å². The van der Waals surface area contributed by atoms with Crippen LogP contribution in [0.1, 0.15) is 34.5 Å². The van der Waals surface area contributed by atoms with Gasteiger partial charge in [-0.1, -0.05) is 47.6 Å². The summed E-state index contributed by atoms with van der Waals surface area (Å²) in [6, 6.07) is 18.0. The second kappa shape index (κ2) is 9.35. The number of aryl methyl sites for hydroxylation is 1. The van der Waals surface area contributed by atoms with Crippen molar-refractivity contribution in [3.05, 3.63) is 71.5 Å². The molecule has 2 heterocycles. The van der Waals surface area contributed by atoms with Gasteiger partial charge in [0.15, 0.2) is 0 Å². The van der Waals surface area contributed by atoms with Crippen molar-refractivity contribution in [2.45, 2.75) is 32.4 Å². The van der Waals surface area contributed by atoms with E-state index in [0.717, 1.165) is 36.3 Å². The Hall–Kier alpha value is -3.12. The molecule has 1 fully saturated rings. The number of anilines is 1. The summed E-state index contributed by atoms with van der Waals surface area (Å²) >= 11 is 0. The van der Waals surface area contributed by atoms with Gasteiger partial charge in [-0.25, -0.2) is 0 Å². The molecule has 6 nitrogen and oxygen atoms in total. The van der Waals surface area contributed by atoms with Crippen LogP contribution >= 0.6 is 0 Å². The molecule has 0 unspecified atom stereocenters. The summed E-state index contributed by atoms with van der Waals surface area (Å²) in [5, 5.41) is 4.20. The normalized spacial score (nSPS) is 15.8. The van der Waals surface area contributed by atoms with Crippen molar-refractivity contribution in [1.82, 2.24) is 10.1 Å². The molecule has 1 aliphatic rings. The smallest absolute Gasteiger partial charge is 0.260 e. The fourth-order valence-corrected chi connectivity index (χ4v) is 3.95. The molecule has 1 saturated heterocycles. The van der Waals surface area contributed by atoms with Gasteiger partial charge >= 0.3 is 0 Å². The molecule has 6 heteroatoms. The number of carbonyl (C=O) groups is 1. The number of ether oxygens (including phenoxy) is 1. The van der Waals surface area contributed by atoms with E-state index < -0.39 is 0 Å². The average molecular weight is 420 g/mol. The zero-order valence-electron chi connectivity index (χ0n) is 18.4. The van der Waals surface area contributed by atoms with Crippen LogP contribution in [0.3, 0.4) is 0 Å². The van der Waals surface area contributed by atoms with Crippen LogP contribution in [0.4, 0.5) is 5.69 Å². The van der Waals surface area contributed by atoms with Crippen LogP contribution in [0, 0.1) is 6.92 Å². The van der Waals surface area contributed by atoms with E-state index in [1.807, 2.05) is 49.3 Å². The Morgan fingerprint density at radius 2 is 1.84 bits per heavy atom.